The number of likely N-dealkylation sites (N-methyl/N-ethyl adjacent to an activating group) is 1. The molecule has 1 aromatic heterocycles. The predicted octanol–water partition coefficient (Wildman–Crippen LogP) is 3.97. The molecule has 7 N–H and O–H groups in total. The average Bonchev–Trinajstić information content (AvgIpc) is 3.54. The van der Waals surface area contributed by atoms with Crippen LogP contribution in [0.2, 0.25) is 0 Å². The van der Waals surface area contributed by atoms with Gasteiger partial charge in [0.05, 0.1) is 25.9 Å². The van der Waals surface area contributed by atoms with Crippen molar-refractivity contribution >= 4 is 5.91 Å². The fourth-order valence-corrected chi connectivity index (χ4v) is 9.46. The van der Waals surface area contributed by atoms with Crippen molar-refractivity contribution in [2.75, 3.05) is 48.4 Å². The van der Waals surface area contributed by atoms with Crippen molar-refractivity contribution in [3.63, 3.8) is 0 Å². The molecule has 308 valence electrons. The second kappa shape index (κ2) is 19.3. The van der Waals surface area contributed by atoms with Gasteiger partial charge in [-0.15, -0.1) is 0 Å². The van der Waals surface area contributed by atoms with Crippen molar-refractivity contribution in [1.29, 1.82) is 0 Å². The molecule has 4 aliphatic rings. The standard InChI is InChI=1S/C42H60N6O5.C2H7N/c1-25-34-19-30(42(34,3)4)20-35(25)46-41(51)38-37(26(2)49)36(22-43)53-48(38)23-29-14-11-16-33(39(29)52-7)27-12-10-13-28(18-27)40(50)45-32(24-47(5)6)21-31-15-8-9-17-44-31;1-3-2/h8-18,25-26,30,32,34-38,40,45,49-50H,19-24,43H2,1-7H3,(H,46,51);3H,1-2H3/t25-,26-,30+,32-,34-,35-,36-,37+,38-,40?;/m0./s1. The number of methoxy groups -OCH3 is 1. The molecule has 4 fully saturated rings. The van der Waals surface area contributed by atoms with Gasteiger partial charge < -0.3 is 36.2 Å². The van der Waals surface area contributed by atoms with E-state index in [-0.39, 0.29) is 31.1 Å². The van der Waals surface area contributed by atoms with E-state index in [4.69, 9.17) is 15.3 Å². The highest BCUT2D eigenvalue weighted by atomic mass is 16.7. The third-order valence-corrected chi connectivity index (χ3v) is 12.4. The Bertz CT molecular complexity index is 1710. The van der Waals surface area contributed by atoms with Crippen LogP contribution < -0.4 is 26.4 Å². The second-order valence-corrected chi connectivity index (χ2v) is 17.0. The Morgan fingerprint density at radius 1 is 1.11 bits per heavy atom. The summed E-state index contributed by atoms with van der Waals surface area (Å²) in [5.41, 5.74) is 10.7. The van der Waals surface area contributed by atoms with Gasteiger partial charge >= 0.3 is 0 Å². The van der Waals surface area contributed by atoms with E-state index < -0.39 is 30.4 Å². The Kier molecular flexibility index (Phi) is 15.1. The van der Waals surface area contributed by atoms with E-state index in [9.17, 15) is 15.0 Å². The van der Waals surface area contributed by atoms with Gasteiger partial charge in [-0.1, -0.05) is 63.2 Å². The maximum Gasteiger partial charge on any atom is 0.240 e. The molecular formula is C44H67N7O5. The molecule has 12 nitrogen and oxygen atoms in total. The van der Waals surface area contributed by atoms with Gasteiger partial charge in [0.2, 0.25) is 5.91 Å². The van der Waals surface area contributed by atoms with Gasteiger partial charge in [-0.05, 0) is 100 Å². The Balaban J connectivity index is 0.00000194. The third kappa shape index (κ3) is 9.79. The highest BCUT2D eigenvalue weighted by molar-refractivity contribution is 5.83. The van der Waals surface area contributed by atoms with E-state index >= 15 is 0 Å². The van der Waals surface area contributed by atoms with Crippen LogP contribution >= 0.6 is 0 Å². The first-order valence-electron chi connectivity index (χ1n) is 20.2. The monoisotopic (exact) mass is 774 g/mol. The fraction of sp³-hybridized carbons (Fsp3) is 0.591. The van der Waals surface area contributed by atoms with Crippen LogP contribution in [0.5, 0.6) is 5.75 Å². The van der Waals surface area contributed by atoms with Crippen molar-refractivity contribution in [1.82, 2.24) is 30.9 Å². The van der Waals surface area contributed by atoms with Crippen LogP contribution in [0, 0.1) is 29.1 Å². The number of hydrogen-bond donors (Lipinski definition) is 6. The fourth-order valence-electron chi connectivity index (χ4n) is 9.46. The lowest BCUT2D eigenvalue weighted by atomic mass is 9.45. The molecule has 1 saturated heterocycles. The Labute approximate surface area is 334 Å². The number of carbonyl (C=O) groups is 1. The number of pyridine rings is 1. The van der Waals surface area contributed by atoms with Crippen molar-refractivity contribution in [2.24, 2.45) is 34.8 Å². The summed E-state index contributed by atoms with van der Waals surface area (Å²) in [4.78, 5) is 27.2. The molecular weight excluding hydrogens is 707 g/mol. The lowest BCUT2D eigenvalue weighted by molar-refractivity contribution is -0.175. The van der Waals surface area contributed by atoms with Crippen LogP contribution in [-0.4, -0.2) is 110 Å². The lowest BCUT2D eigenvalue weighted by Gasteiger charge is -2.62. The van der Waals surface area contributed by atoms with Crippen molar-refractivity contribution < 1.29 is 24.6 Å². The van der Waals surface area contributed by atoms with Crippen LogP contribution in [0.1, 0.15) is 63.6 Å². The summed E-state index contributed by atoms with van der Waals surface area (Å²) in [6.07, 6.45) is 2.41. The number of ether oxygens (including phenoxy) is 1. The van der Waals surface area contributed by atoms with E-state index in [0.29, 0.717) is 35.3 Å². The molecule has 1 aliphatic heterocycles. The van der Waals surface area contributed by atoms with Gasteiger partial charge in [0, 0.05) is 60.5 Å². The van der Waals surface area contributed by atoms with Crippen LogP contribution in [0.3, 0.4) is 0 Å². The van der Waals surface area contributed by atoms with Gasteiger partial charge in [-0.2, -0.15) is 5.06 Å². The maximum atomic E-state index is 14.2. The smallest absolute Gasteiger partial charge is 0.240 e. The first-order valence-corrected chi connectivity index (χ1v) is 20.2. The zero-order chi connectivity index (χ0) is 40.7. The first kappa shape index (κ1) is 43.7. The van der Waals surface area contributed by atoms with E-state index in [2.05, 4.69) is 46.6 Å². The van der Waals surface area contributed by atoms with E-state index in [1.54, 1.807) is 25.3 Å². The number of aliphatic hydroxyl groups excluding tert-OH is 2. The largest absolute Gasteiger partial charge is 0.496 e. The predicted molar refractivity (Wildman–Crippen MR) is 221 cm³/mol. The number of nitrogens with zero attached hydrogens (tertiary/aromatic N) is 3. The molecule has 3 saturated carbocycles. The van der Waals surface area contributed by atoms with Crippen LogP contribution in [0.4, 0.5) is 0 Å². The number of hydrogen-bond acceptors (Lipinski definition) is 11. The molecule has 2 bridgehead atoms. The summed E-state index contributed by atoms with van der Waals surface area (Å²) in [7, 11) is 9.42. The molecule has 2 heterocycles. The molecule has 10 atom stereocenters. The molecule has 12 heteroatoms. The number of benzene rings is 2. The Hall–Kier alpha value is -3.46. The third-order valence-electron chi connectivity index (χ3n) is 12.4. The molecule has 1 amide bonds. The summed E-state index contributed by atoms with van der Waals surface area (Å²) in [5, 5.41) is 33.6. The molecule has 0 spiro atoms. The van der Waals surface area contributed by atoms with E-state index in [0.717, 1.165) is 40.9 Å². The number of nitrogens with two attached hydrogens (primary N) is 1. The summed E-state index contributed by atoms with van der Waals surface area (Å²) < 4.78 is 6.06. The average molecular weight is 774 g/mol. The molecule has 3 aliphatic carbocycles. The second-order valence-electron chi connectivity index (χ2n) is 17.0. The summed E-state index contributed by atoms with van der Waals surface area (Å²) in [6, 6.07) is 18.9. The number of aliphatic hydroxyl groups is 2. The zero-order valence-electron chi connectivity index (χ0n) is 34.9. The minimum absolute atomic E-state index is 0.0382. The van der Waals surface area contributed by atoms with Gasteiger partial charge in [0.15, 0.2) is 0 Å². The lowest BCUT2D eigenvalue weighted by Crippen LogP contribution is -2.62. The number of amides is 1. The number of hydroxylamine groups is 2. The van der Waals surface area contributed by atoms with Gasteiger partial charge in [0.25, 0.3) is 0 Å². The number of nitrogens with one attached hydrogen (secondary N) is 3. The van der Waals surface area contributed by atoms with Crippen molar-refractivity contribution in [3.8, 4) is 16.9 Å². The quantitative estimate of drug-likeness (QED) is 0.124. The summed E-state index contributed by atoms with van der Waals surface area (Å²) >= 11 is 0. The normalized spacial score (nSPS) is 27.1. The number of carbonyl (C=O) groups excluding carboxylic acids is 1. The minimum Gasteiger partial charge on any atom is -0.496 e. The molecule has 56 heavy (non-hydrogen) atoms. The minimum atomic E-state index is -0.912. The Morgan fingerprint density at radius 2 is 1.84 bits per heavy atom. The zero-order valence-corrected chi connectivity index (χ0v) is 34.9. The molecule has 2 aromatic carbocycles. The number of fused-ring (bicyclic) bond motifs is 2. The number of rotatable bonds is 15. The van der Waals surface area contributed by atoms with E-state index in [1.165, 1.54) is 6.42 Å². The molecule has 0 radical (unpaired) electrons. The van der Waals surface area contributed by atoms with Gasteiger partial charge in [-0.25, -0.2) is 0 Å². The van der Waals surface area contributed by atoms with Crippen LogP contribution in [-0.2, 0) is 22.6 Å². The molecule has 7 rings (SSSR count). The van der Waals surface area contributed by atoms with Crippen molar-refractivity contribution in [2.45, 2.75) is 90.1 Å². The number of para-hydroxylation sites is 1. The molecule has 1 unspecified atom stereocenters. The van der Waals surface area contributed by atoms with Crippen LogP contribution in [0.15, 0.2) is 66.9 Å². The Morgan fingerprint density at radius 3 is 2.45 bits per heavy atom. The summed E-state index contributed by atoms with van der Waals surface area (Å²) in [6.45, 7) is 9.82. The van der Waals surface area contributed by atoms with Gasteiger partial charge in [0.1, 0.15) is 18.0 Å². The van der Waals surface area contributed by atoms with Crippen molar-refractivity contribution in [3.05, 3.63) is 83.7 Å². The topological polar surface area (TPSA) is 157 Å². The maximum absolute atomic E-state index is 14.2. The highest BCUT2D eigenvalue weighted by Crippen LogP contribution is 2.61. The molecule has 3 aromatic rings. The first-order chi connectivity index (χ1) is 26.7. The van der Waals surface area contributed by atoms with E-state index in [1.807, 2.05) is 88.9 Å². The summed E-state index contributed by atoms with van der Waals surface area (Å²) in [5.74, 6) is 1.55. The van der Waals surface area contributed by atoms with Gasteiger partial charge in [-0.3, -0.25) is 19.9 Å². The number of aromatic nitrogens is 1. The highest BCUT2D eigenvalue weighted by Gasteiger charge is 2.57. The van der Waals surface area contributed by atoms with Crippen LogP contribution in [0.25, 0.3) is 11.1 Å². The SMILES string of the molecule is CNC.COc1c(CN2O[C@@H](CN)[C@@H]([C@H](C)O)[C@H]2C(=O)N[C@H]2C[C@H]3C[C@@H]([C@@H]2C)C3(C)C)cccc1-c1cccc(C(O)N[C@@H](Cc2ccccn2)CN(C)C)c1.